The monoisotopic (exact) mass is 195 g/mol. The summed E-state index contributed by atoms with van der Waals surface area (Å²) in [6.07, 6.45) is 1.90. The van der Waals surface area contributed by atoms with Gasteiger partial charge in [-0.15, -0.1) is 0 Å². The van der Waals surface area contributed by atoms with Crippen LogP contribution < -0.4 is 11.5 Å². The number of rotatable bonds is 3. The molecule has 5 nitrogen and oxygen atoms in total. The molecule has 1 atom stereocenters. The topological polar surface area (TPSA) is 91.2 Å². The van der Waals surface area contributed by atoms with Crippen LogP contribution in [0, 0.1) is 0 Å². The van der Waals surface area contributed by atoms with Crippen molar-refractivity contribution in [2.75, 3.05) is 12.8 Å². The number of pyridine rings is 1. The van der Waals surface area contributed by atoms with Gasteiger partial charge in [0.15, 0.2) is 0 Å². The first-order valence-electron chi connectivity index (χ1n) is 4.18. The number of hydrogen-bond donors (Lipinski definition) is 2. The largest absolute Gasteiger partial charge is 0.468 e. The lowest BCUT2D eigenvalue weighted by molar-refractivity contribution is -0.142. The predicted octanol–water partition coefficient (Wildman–Crippen LogP) is -0.293. The first kappa shape index (κ1) is 10.5. The maximum atomic E-state index is 11.0. The highest BCUT2D eigenvalue weighted by atomic mass is 16.5. The van der Waals surface area contributed by atoms with Gasteiger partial charge in [0.25, 0.3) is 0 Å². The molecule has 0 aliphatic heterocycles. The van der Waals surface area contributed by atoms with Crippen LogP contribution in [0.3, 0.4) is 0 Å². The minimum absolute atomic E-state index is 0.291. The van der Waals surface area contributed by atoms with Crippen LogP contribution in [0.25, 0.3) is 0 Å². The van der Waals surface area contributed by atoms with E-state index in [1.54, 1.807) is 18.3 Å². The van der Waals surface area contributed by atoms with Gasteiger partial charge in [-0.2, -0.15) is 0 Å². The number of esters is 1. The molecule has 76 valence electrons. The third-order valence-corrected chi connectivity index (χ3v) is 1.84. The van der Waals surface area contributed by atoms with Crippen LogP contribution in [0.5, 0.6) is 0 Å². The number of aromatic nitrogens is 1. The number of ether oxygens (including phenoxy) is 1. The Balaban J connectivity index is 2.69. The van der Waals surface area contributed by atoms with E-state index < -0.39 is 12.0 Å². The second-order valence-corrected chi connectivity index (χ2v) is 2.87. The van der Waals surface area contributed by atoms with Gasteiger partial charge in [0.2, 0.25) is 0 Å². The van der Waals surface area contributed by atoms with Gasteiger partial charge in [0, 0.05) is 12.6 Å². The first-order valence-corrected chi connectivity index (χ1v) is 4.18. The molecule has 0 bridgehead atoms. The molecule has 0 spiro atoms. The molecule has 0 radical (unpaired) electrons. The fraction of sp³-hybridized carbons (Fsp3) is 0.333. The van der Waals surface area contributed by atoms with Crippen LogP contribution in [0.4, 0.5) is 5.69 Å². The summed E-state index contributed by atoms with van der Waals surface area (Å²) in [5, 5.41) is 0. The SMILES string of the molecule is COC(=O)[C@H](N)Cc1ncccc1N. The number of nitrogen functional groups attached to an aromatic ring is 1. The molecule has 0 fully saturated rings. The van der Waals surface area contributed by atoms with Crippen molar-refractivity contribution in [3.63, 3.8) is 0 Å². The smallest absolute Gasteiger partial charge is 0.323 e. The number of hydrogen-bond acceptors (Lipinski definition) is 5. The van der Waals surface area contributed by atoms with Gasteiger partial charge in [0.1, 0.15) is 6.04 Å². The van der Waals surface area contributed by atoms with Crippen molar-refractivity contribution in [2.24, 2.45) is 5.73 Å². The highest BCUT2D eigenvalue weighted by Crippen LogP contribution is 2.09. The zero-order valence-corrected chi connectivity index (χ0v) is 7.93. The van der Waals surface area contributed by atoms with Crippen molar-refractivity contribution in [2.45, 2.75) is 12.5 Å². The summed E-state index contributed by atoms with van der Waals surface area (Å²) in [5.41, 5.74) is 12.3. The Labute approximate surface area is 82.1 Å². The first-order chi connectivity index (χ1) is 6.65. The van der Waals surface area contributed by atoms with Crippen LogP contribution in [0.1, 0.15) is 5.69 Å². The van der Waals surface area contributed by atoms with E-state index in [1.165, 1.54) is 7.11 Å². The Morgan fingerprint density at radius 2 is 2.43 bits per heavy atom. The lowest BCUT2D eigenvalue weighted by Gasteiger charge is -2.09. The number of anilines is 1. The van der Waals surface area contributed by atoms with E-state index in [0.29, 0.717) is 17.8 Å². The highest BCUT2D eigenvalue weighted by molar-refractivity contribution is 5.75. The number of carbonyl (C=O) groups excluding carboxylic acids is 1. The molecule has 0 aliphatic rings. The molecule has 0 saturated carbocycles. The Morgan fingerprint density at radius 1 is 1.71 bits per heavy atom. The van der Waals surface area contributed by atoms with Crippen molar-refractivity contribution in [3.8, 4) is 0 Å². The van der Waals surface area contributed by atoms with Gasteiger partial charge in [-0.05, 0) is 12.1 Å². The minimum Gasteiger partial charge on any atom is -0.468 e. The van der Waals surface area contributed by atoms with E-state index in [4.69, 9.17) is 11.5 Å². The number of nitrogens with two attached hydrogens (primary N) is 2. The molecule has 0 aliphatic carbocycles. The summed E-state index contributed by atoms with van der Waals surface area (Å²) < 4.78 is 4.49. The van der Waals surface area contributed by atoms with E-state index in [1.807, 2.05) is 0 Å². The third-order valence-electron chi connectivity index (χ3n) is 1.84. The zero-order valence-electron chi connectivity index (χ0n) is 7.93. The lowest BCUT2D eigenvalue weighted by Crippen LogP contribution is -2.34. The normalized spacial score (nSPS) is 12.1. The molecule has 5 heteroatoms. The Bertz CT molecular complexity index is 328. The third kappa shape index (κ3) is 2.43. The van der Waals surface area contributed by atoms with Crippen molar-refractivity contribution in [1.29, 1.82) is 0 Å². The molecular weight excluding hydrogens is 182 g/mol. The summed E-state index contributed by atoms with van der Waals surface area (Å²) in [5.74, 6) is -0.463. The molecule has 1 rings (SSSR count). The van der Waals surface area contributed by atoms with Gasteiger partial charge in [0.05, 0.1) is 18.5 Å². The summed E-state index contributed by atoms with van der Waals surface area (Å²) in [6, 6.07) is 2.73. The maximum absolute atomic E-state index is 11.0. The fourth-order valence-electron chi connectivity index (χ4n) is 1.06. The molecule has 1 aromatic rings. The molecule has 14 heavy (non-hydrogen) atoms. The number of nitrogens with zero attached hydrogens (tertiary/aromatic N) is 1. The standard InChI is InChI=1S/C9H13N3O2/c1-14-9(13)7(11)5-8-6(10)3-2-4-12-8/h2-4,7H,5,10-11H2,1H3/t7-/m1/s1. The van der Waals surface area contributed by atoms with Gasteiger partial charge in [-0.25, -0.2) is 0 Å². The number of carbonyl (C=O) groups is 1. The Morgan fingerprint density at radius 3 is 3.00 bits per heavy atom. The molecule has 1 heterocycles. The quantitative estimate of drug-likeness (QED) is 0.646. The molecule has 0 unspecified atom stereocenters. The molecular formula is C9H13N3O2. The Kier molecular flexibility index (Phi) is 3.41. The lowest BCUT2D eigenvalue weighted by atomic mass is 10.1. The summed E-state index contributed by atoms with van der Waals surface area (Å²) >= 11 is 0. The van der Waals surface area contributed by atoms with Crippen LogP contribution in [0.15, 0.2) is 18.3 Å². The summed E-state index contributed by atoms with van der Waals surface area (Å²) in [7, 11) is 1.30. The minimum atomic E-state index is -0.711. The molecule has 1 aromatic heterocycles. The summed E-state index contributed by atoms with van der Waals surface area (Å²) in [6.45, 7) is 0. The van der Waals surface area contributed by atoms with Crippen LogP contribution in [-0.2, 0) is 16.0 Å². The number of methoxy groups -OCH3 is 1. The van der Waals surface area contributed by atoms with E-state index in [9.17, 15) is 4.79 Å². The van der Waals surface area contributed by atoms with Gasteiger partial charge in [-0.3, -0.25) is 9.78 Å². The van der Waals surface area contributed by atoms with Crippen LogP contribution in [-0.4, -0.2) is 24.1 Å². The Hall–Kier alpha value is -1.62. The van der Waals surface area contributed by atoms with E-state index in [-0.39, 0.29) is 0 Å². The molecule has 0 saturated heterocycles. The average molecular weight is 195 g/mol. The van der Waals surface area contributed by atoms with E-state index >= 15 is 0 Å². The molecule has 4 N–H and O–H groups in total. The summed E-state index contributed by atoms with van der Waals surface area (Å²) in [4.78, 5) is 15.0. The predicted molar refractivity (Wildman–Crippen MR) is 52.3 cm³/mol. The van der Waals surface area contributed by atoms with Crippen molar-refractivity contribution >= 4 is 11.7 Å². The van der Waals surface area contributed by atoms with E-state index in [0.717, 1.165) is 0 Å². The molecule has 0 amide bonds. The van der Waals surface area contributed by atoms with Crippen molar-refractivity contribution in [3.05, 3.63) is 24.0 Å². The van der Waals surface area contributed by atoms with Crippen LogP contribution in [0.2, 0.25) is 0 Å². The maximum Gasteiger partial charge on any atom is 0.323 e. The van der Waals surface area contributed by atoms with E-state index in [2.05, 4.69) is 9.72 Å². The van der Waals surface area contributed by atoms with Gasteiger partial charge in [-0.1, -0.05) is 0 Å². The van der Waals surface area contributed by atoms with Gasteiger partial charge >= 0.3 is 5.97 Å². The van der Waals surface area contributed by atoms with Crippen molar-refractivity contribution < 1.29 is 9.53 Å². The fourth-order valence-corrected chi connectivity index (χ4v) is 1.06. The average Bonchev–Trinajstić information content (AvgIpc) is 2.20. The molecule has 0 aromatic carbocycles. The van der Waals surface area contributed by atoms with Gasteiger partial charge < -0.3 is 16.2 Å². The second-order valence-electron chi connectivity index (χ2n) is 2.87. The zero-order chi connectivity index (χ0) is 10.6. The van der Waals surface area contributed by atoms with Crippen LogP contribution >= 0.6 is 0 Å². The second kappa shape index (κ2) is 4.57. The van der Waals surface area contributed by atoms with Crippen molar-refractivity contribution in [1.82, 2.24) is 4.98 Å². The highest BCUT2D eigenvalue weighted by Gasteiger charge is 2.15.